The summed E-state index contributed by atoms with van der Waals surface area (Å²) in [5.74, 6) is -0.608. The zero-order chi connectivity index (χ0) is 17.9. The molecular weight excluding hydrogens is 323 g/mol. The lowest BCUT2D eigenvalue weighted by Gasteiger charge is -2.31. The highest BCUT2D eigenvalue weighted by Gasteiger charge is 2.39. The van der Waals surface area contributed by atoms with E-state index >= 15 is 0 Å². The van der Waals surface area contributed by atoms with Gasteiger partial charge in [0.25, 0.3) is 0 Å². The smallest absolute Gasteiger partial charge is 0.172 e. The van der Waals surface area contributed by atoms with Gasteiger partial charge in [0, 0.05) is 25.4 Å². The monoisotopic (exact) mass is 350 g/mol. The van der Waals surface area contributed by atoms with Crippen LogP contribution in [0.4, 0.5) is 4.39 Å². The van der Waals surface area contributed by atoms with Crippen LogP contribution in [-0.4, -0.2) is 41.7 Å². The second-order valence-electron chi connectivity index (χ2n) is 7.09. The number of allylic oxidation sites excluding steroid dienone is 1. The van der Waals surface area contributed by atoms with Crippen LogP contribution in [0.25, 0.3) is 5.57 Å². The van der Waals surface area contributed by atoms with E-state index < -0.39 is 5.79 Å². The second kappa shape index (κ2) is 7.91. The molecule has 1 saturated heterocycles. The Morgan fingerprint density at radius 1 is 1.32 bits per heavy atom. The van der Waals surface area contributed by atoms with E-state index in [1.54, 1.807) is 6.07 Å². The number of hydrogen-bond donors (Lipinski definition) is 2. The first-order valence-corrected chi connectivity index (χ1v) is 9.00. The van der Waals surface area contributed by atoms with Crippen LogP contribution in [0.3, 0.4) is 0 Å². The molecule has 1 aliphatic carbocycles. The van der Waals surface area contributed by atoms with Gasteiger partial charge in [-0.1, -0.05) is 19.9 Å². The Kier molecular flexibility index (Phi) is 5.84. The van der Waals surface area contributed by atoms with Crippen LogP contribution in [-0.2, 0) is 16.0 Å². The van der Waals surface area contributed by atoms with Crippen molar-refractivity contribution in [3.63, 3.8) is 0 Å². The normalized spacial score (nSPS) is 20.9. The van der Waals surface area contributed by atoms with Crippen LogP contribution in [0.5, 0.6) is 0 Å². The number of aromatic nitrogens is 1. The molecule has 1 aliphatic heterocycles. The third kappa shape index (κ3) is 4.26. The summed E-state index contributed by atoms with van der Waals surface area (Å²) in [5.41, 5.74) is 2.17. The first kappa shape index (κ1) is 18.5. The standard InChI is InChI=1S/C19H27FN2O3/c1-13(2)18(12-23)21-11-17-15(20)5-6-16(22-17)14-4-3-7-19(10-14)24-8-9-25-19/h4-6,13,18,21,23H,3,7-12H2,1-2H3. The summed E-state index contributed by atoms with van der Waals surface area (Å²) in [5, 5.41) is 12.6. The molecule has 6 heteroatoms. The molecule has 1 aromatic rings. The lowest BCUT2D eigenvalue weighted by molar-refractivity contribution is -0.158. The molecule has 0 radical (unpaired) electrons. The summed E-state index contributed by atoms with van der Waals surface area (Å²) in [6.45, 7) is 5.58. The van der Waals surface area contributed by atoms with Crippen LogP contribution in [0.1, 0.15) is 44.5 Å². The molecule has 0 amide bonds. The summed E-state index contributed by atoms with van der Waals surface area (Å²) >= 11 is 0. The molecule has 3 rings (SSSR count). The van der Waals surface area contributed by atoms with E-state index in [0.29, 0.717) is 25.3 Å². The Bertz CT molecular complexity index is 627. The molecule has 2 heterocycles. The van der Waals surface area contributed by atoms with E-state index in [-0.39, 0.29) is 30.9 Å². The topological polar surface area (TPSA) is 63.6 Å². The van der Waals surface area contributed by atoms with Crippen molar-refractivity contribution in [3.8, 4) is 0 Å². The lowest BCUT2D eigenvalue weighted by Crippen LogP contribution is -2.37. The first-order valence-electron chi connectivity index (χ1n) is 9.00. The molecule has 1 spiro atoms. The summed E-state index contributed by atoms with van der Waals surface area (Å²) < 4.78 is 25.8. The summed E-state index contributed by atoms with van der Waals surface area (Å²) in [4.78, 5) is 4.52. The largest absolute Gasteiger partial charge is 0.395 e. The highest BCUT2D eigenvalue weighted by atomic mass is 19.1. The molecule has 0 saturated carbocycles. The SMILES string of the molecule is CC(C)C(CO)NCc1nc(C2=CCCC3(C2)OCCO3)ccc1F. The Balaban J connectivity index is 1.74. The van der Waals surface area contributed by atoms with Gasteiger partial charge in [0.05, 0.1) is 31.2 Å². The summed E-state index contributed by atoms with van der Waals surface area (Å²) in [7, 11) is 0. The van der Waals surface area contributed by atoms with Crippen molar-refractivity contribution in [2.45, 2.75) is 51.5 Å². The zero-order valence-electron chi connectivity index (χ0n) is 14.9. The molecule has 2 N–H and O–H groups in total. The molecule has 1 atom stereocenters. The molecule has 5 nitrogen and oxygen atoms in total. The fraction of sp³-hybridized carbons (Fsp3) is 0.632. The van der Waals surface area contributed by atoms with Crippen LogP contribution >= 0.6 is 0 Å². The van der Waals surface area contributed by atoms with Crippen molar-refractivity contribution < 1.29 is 19.0 Å². The van der Waals surface area contributed by atoms with Crippen LogP contribution in [0, 0.1) is 11.7 Å². The maximum absolute atomic E-state index is 14.2. The number of nitrogens with zero attached hydrogens (tertiary/aromatic N) is 1. The van der Waals surface area contributed by atoms with Gasteiger partial charge in [-0.15, -0.1) is 0 Å². The molecule has 25 heavy (non-hydrogen) atoms. The molecule has 0 aromatic carbocycles. The third-order valence-corrected chi connectivity index (χ3v) is 4.97. The predicted molar refractivity (Wildman–Crippen MR) is 93.2 cm³/mol. The van der Waals surface area contributed by atoms with E-state index in [0.717, 1.165) is 24.1 Å². The van der Waals surface area contributed by atoms with Gasteiger partial charge in [0.2, 0.25) is 0 Å². The Morgan fingerprint density at radius 2 is 2.08 bits per heavy atom. The quantitative estimate of drug-likeness (QED) is 0.826. The fourth-order valence-corrected chi connectivity index (χ4v) is 3.38. The van der Waals surface area contributed by atoms with Crippen molar-refractivity contribution in [1.82, 2.24) is 10.3 Å². The first-order chi connectivity index (χ1) is 12.0. The van der Waals surface area contributed by atoms with E-state index in [4.69, 9.17) is 9.47 Å². The van der Waals surface area contributed by atoms with Crippen LogP contribution < -0.4 is 5.32 Å². The highest BCUT2D eigenvalue weighted by Crippen LogP contribution is 2.39. The molecule has 138 valence electrons. The Morgan fingerprint density at radius 3 is 2.76 bits per heavy atom. The number of aliphatic hydroxyl groups excluding tert-OH is 1. The number of halogens is 1. The van der Waals surface area contributed by atoms with Crippen molar-refractivity contribution in [1.29, 1.82) is 0 Å². The van der Waals surface area contributed by atoms with Crippen LogP contribution in [0.2, 0.25) is 0 Å². The van der Waals surface area contributed by atoms with Gasteiger partial charge in [-0.05, 0) is 30.0 Å². The maximum Gasteiger partial charge on any atom is 0.172 e. The zero-order valence-corrected chi connectivity index (χ0v) is 14.9. The number of ether oxygens (including phenoxy) is 2. The molecule has 2 aliphatic rings. The van der Waals surface area contributed by atoms with Crippen molar-refractivity contribution in [2.75, 3.05) is 19.8 Å². The second-order valence-corrected chi connectivity index (χ2v) is 7.09. The average molecular weight is 350 g/mol. The fourth-order valence-electron chi connectivity index (χ4n) is 3.38. The highest BCUT2D eigenvalue weighted by molar-refractivity contribution is 5.64. The summed E-state index contributed by atoms with van der Waals surface area (Å²) in [6, 6.07) is 3.09. The van der Waals surface area contributed by atoms with Gasteiger partial charge in [0.1, 0.15) is 5.82 Å². The Labute approximate surface area is 148 Å². The third-order valence-electron chi connectivity index (χ3n) is 4.97. The van der Waals surface area contributed by atoms with Gasteiger partial charge >= 0.3 is 0 Å². The van der Waals surface area contributed by atoms with Gasteiger partial charge in [-0.25, -0.2) is 9.37 Å². The number of hydrogen-bond acceptors (Lipinski definition) is 5. The number of nitrogens with one attached hydrogen (secondary N) is 1. The molecule has 1 fully saturated rings. The lowest BCUT2D eigenvalue weighted by atomic mass is 9.91. The average Bonchev–Trinajstić information content (AvgIpc) is 3.04. The van der Waals surface area contributed by atoms with E-state index in [1.165, 1.54) is 6.07 Å². The summed E-state index contributed by atoms with van der Waals surface area (Å²) in [6.07, 6.45) is 4.49. The van der Waals surface area contributed by atoms with E-state index in [1.807, 2.05) is 13.8 Å². The number of aliphatic hydroxyl groups is 1. The number of pyridine rings is 1. The van der Waals surface area contributed by atoms with Crippen molar-refractivity contribution in [2.24, 2.45) is 5.92 Å². The van der Waals surface area contributed by atoms with E-state index in [2.05, 4.69) is 16.4 Å². The number of rotatable bonds is 6. The molecule has 0 bridgehead atoms. The van der Waals surface area contributed by atoms with Crippen molar-refractivity contribution in [3.05, 3.63) is 35.4 Å². The van der Waals surface area contributed by atoms with E-state index in [9.17, 15) is 9.50 Å². The molecular formula is C19H27FN2O3. The van der Waals surface area contributed by atoms with Gasteiger partial charge in [-0.3, -0.25) is 0 Å². The molecule has 1 unspecified atom stereocenters. The predicted octanol–water partition coefficient (Wildman–Crippen LogP) is 2.64. The van der Waals surface area contributed by atoms with Crippen LogP contribution in [0.15, 0.2) is 18.2 Å². The van der Waals surface area contributed by atoms with Crippen molar-refractivity contribution >= 4 is 5.57 Å². The van der Waals surface area contributed by atoms with Gasteiger partial charge in [-0.2, -0.15) is 0 Å². The minimum atomic E-state index is -0.530. The maximum atomic E-state index is 14.2. The van der Waals surface area contributed by atoms with Gasteiger partial charge < -0.3 is 19.9 Å². The minimum Gasteiger partial charge on any atom is -0.395 e. The minimum absolute atomic E-state index is 0.0152. The Hall–Kier alpha value is -1.34. The molecule has 1 aromatic heterocycles. The van der Waals surface area contributed by atoms with Gasteiger partial charge in [0.15, 0.2) is 5.79 Å².